The van der Waals surface area contributed by atoms with Crippen LogP contribution in [0.25, 0.3) is 0 Å². The molecule has 2 atom stereocenters. The van der Waals surface area contributed by atoms with E-state index >= 15 is 0 Å². The molecule has 0 spiro atoms. The van der Waals surface area contributed by atoms with Gasteiger partial charge in [0.15, 0.2) is 6.61 Å². The maximum absolute atomic E-state index is 12.2. The van der Waals surface area contributed by atoms with Crippen molar-refractivity contribution in [3.63, 3.8) is 0 Å². The third-order valence-corrected chi connectivity index (χ3v) is 5.92. The van der Waals surface area contributed by atoms with Gasteiger partial charge >= 0.3 is 5.97 Å². The summed E-state index contributed by atoms with van der Waals surface area (Å²) in [5.74, 6) is -0.236. The number of hydrogen-bond acceptors (Lipinski definition) is 5. The van der Waals surface area contributed by atoms with Crippen LogP contribution in [0.2, 0.25) is 0 Å². The molecule has 0 bridgehead atoms. The van der Waals surface area contributed by atoms with E-state index in [1.807, 2.05) is 20.8 Å². The molecule has 0 saturated carbocycles. The number of carbonyl (C=O) groups excluding carboxylic acids is 3. The highest BCUT2D eigenvalue weighted by Gasteiger charge is 2.53. The zero-order valence-corrected chi connectivity index (χ0v) is 14.2. The lowest BCUT2D eigenvalue weighted by atomic mass is 10.2. The van der Waals surface area contributed by atoms with Gasteiger partial charge in [-0.2, -0.15) is 0 Å². The minimum atomic E-state index is -0.564. The van der Waals surface area contributed by atoms with Crippen molar-refractivity contribution in [2.45, 2.75) is 63.4 Å². The number of amides is 2. The average Bonchev–Trinajstić information content (AvgIpc) is 2.99. The molecule has 0 aromatic rings. The Bertz CT molecular complexity index is 466. The van der Waals surface area contributed by atoms with Gasteiger partial charge in [0, 0.05) is 18.2 Å². The fraction of sp³-hybridized carbons (Fsp3) is 0.800. The summed E-state index contributed by atoms with van der Waals surface area (Å²) in [5, 5.41) is 2.82. The average molecular weight is 328 g/mol. The molecule has 1 N–H and O–H groups in total. The summed E-state index contributed by atoms with van der Waals surface area (Å²) < 4.78 is 5.12. The highest BCUT2D eigenvalue weighted by Crippen LogP contribution is 2.47. The summed E-state index contributed by atoms with van der Waals surface area (Å²) in [7, 11) is 0. The number of esters is 1. The topological polar surface area (TPSA) is 75.7 Å². The van der Waals surface area contributed by atoms with Crippen molar-refractivity contribution in [1.82, 2.24) is 10.2 Å². The minimum Gasteiger partial charge on any atom is -0.454 e. The van der Waals surface area contributed by atoms with E-state index in [9.17, 15) is 14.4 Å². The Morgan fingerprint density at radius 2 is 2.14 bits per heavy atom. The van der Waals surface area contributed by atoms with Crippen LogP contribution in [0.5, 0.6) is 0 Å². The molecule has 0 unspecified atom stereocenters. The van der Waals surface area contributed by atoms with E-state index in [0.717, 1.165) is 19.3 Å². The summed E-state index contributed by atoms with van der Waals surface area (Å²) >= 11 is 1.61. The van der Waals surface area contributed by atoms with Crippen LogP contribution in [0.4, 0.5) is 0 Å². The number of fused-ring (bicyclic) bond motifs is 1. The first-order chi connectivity index (χ1) is 10.4. The number of nitrogens with zero attached hydrogens (tertiary/aromatic N) is 1. The minimum absolute atomic E-state index is 0.00377. The zero-order valence-electron chi connectivity index (χ0n) is 13.4. The zero-order chi connectivity index (χ0) is 16.3. The quantitative estimate of drug-likeness (QED) is 0.744. The Morgan fingerprint density at radius 3 is 2.77 bits per heavy atom. The number of hydrogen-bond donors (Lipinski definition) is 1. The first-order valence-corrected chi connectivity index (χ1v) is 8.82. The molecule has 7 heteroatoms. The highest BCUT2D eigenvalue weighted by molar-refractivity contribution is 8.01. The summed E-state index contributed by atoms with van der Waals surface area (Å²) in [4.78, 5) is 37.3. The normalized spacial score (nSPS) is 27.2. The number of carbonyl (C=O) groups is 3. The summed E-state index contributed by atoms with van der Waals surface area (Å²) in [6.07, 6.45) is 2.92. The predicted octanol–water partition coefficient (Wildman–Crippen LogP) is 1.29. The van der Waals surface area contributed by atoms with Gasteiger partial charge < -0.3 is 15.0 Å². The fourth-order valence-electron chi connectivity index (χ4n) is 2.99. The molecule has 2 amide bonds. The Kier molecular flexibility index (Phi) is 5.36. The number of thioether (sulfide) groups is 1. The Balaban J connectivity index is 1.85. The molecule has 0 aromatic heterocycles. The van der Waals surface area contributed by atoms with E-state index in [2.05, 4.69) is 5.32 Å². The van der Waals surface area contributed by atoms with Crippen molar-refractivity contribution < 1.29 is 19.1 Å². The molecule has 6 nitrogen and oxygen atoms in total. The second-order valence-electron chi connectivity index (χ2n) is 5.95. The fourth-order valence-corrected chi connectivity index (χ4v) is 4.41. The van der Waals surface area contributed by atoms with Crippen LogP contribution in [-0.2, 0) is 19.1 Å². The molecule has 0 radical (unpaired) electrons. The van der Waals surface area contributed by atoms with Crippen molar-refractivity contribution in [1.29, 1.82) is 0 Å². The van der Waals surface area contributed by atoms with Crippen molar-refractivity contribution in [2.75, 3.05) is 12.4 Å². The molecular weight excluding hydrogens is 304 g/mol. The molecule has 22 heavy (non-hydrogen) atoms. The van der Waals surface area contributed by atoms with Gasteiger partial charge in [-0.05, 0) is 26.2 Å². The maximum Gasteiger partial charge on any atom is 0.330 e. The number of ether oxygens (including phenoxy) is 1. The SMILES string of the molecule is CCC(CC)NC(=O)COC(=O)[C@@H]1CS[C@@]2(C)CCC(=O)N12. The molecule has 2 aliphatic heterocycles. The van der Waals surface area contributed by atoms with Crippen LogP contribution >= 0.6 is 11.8 Å². The van der Waals surface area contributed by atoms with Gasteiger partial charge in [0.25, 0.3) is 5.91 Å². The molecule has 0 aliphatic carbocycles. The van der Waals surface area contributed by atoms with E-state index in [1.165, 1.54) is 0 Å². The number of rotatable bonds is 6. The Hall–Kier alpha value is -1.24. The lowest BCUT2D eigenvalue weighted by Crippen LogP contribution is -2.47. The van der Waals surface area contributed by atoms with E-state index in [0.29, 0.717) is 12.2 Å². The molecule has 2 saturated heterocycles. The summed E-state index contributed by atoms with van der Waals surface area (Å²) in [6, 6.07) is -0.456. The second-order valence-corrected chi connectivity index (χ2v) is 7.46. The van der Waals surface area contributed by atoms with E-state index < -0.39 is 12.0 Å². The first kappa shape index (κ1) is 17.1. The van der Waals surface area contributed by atoms with Crippen LogP contribution in [-0.4, -0.2) is 52.0 Å². The van der Waals surface area contributed by atoms with Gasteiger partial charge in [0.05, 0.1) is 4.87 Å². The standard InChI is InChI=1S/C15H24N2O4S/c1-4-10(5-2)16-12(18)8-21-14(20)11-9-22-15(3)7-6-13(19)17(11)15/h10-11H,4-9H2,1-3H3,(H,16,18)/t11-,15-/m0/s1. The molecule has 2 rings (SSSR count). The van der Waals surface area contributed by atoms with E-state index in [-0.39, 0.29) is 29.3 Å². The number of nitrogens with one attached hydrogen (secondary N) is 1. The summed E-state index contributed by atoms with van der Waals surface area (Å²) in [6.45, 7) is 5.69. The third-order valence-electron chi connectivity index (χ3n) is 4.41. The summed E-state index contributed by atoms with van der Waals surface area (Å²) in [5.41, 5.74) is 0. The predicted molar refractivity (Wildman–Crippen MR) is 84.2 cm³/mol. The van der Waals surface area contributed by atoms with Crippen molar-refractivity contribution in [2.24, 2.45) is 0 Å². The molecule has 2 heterocycles. The third kappa shape index (κ3) is 3.39. The molecule has 2 fully saturated rings. The van der Waals surface area contributed by atoms with E-state index in [4.69, 9.17) is 4.74 Å². The lowest BCUT2D eigenvalue weighted by molar-refractivity contribution is -0.156. The Morgan fingerprint density at radius 1 is 1.45 bits per heavy atom. The van der Waals surface area contributed by atoms with E-state index in [1.54, 1.807) is 16.7 Å². The lowest BCUT2D eigenvalue weighted by Gasteiger charge is -2.29. The van der Waals surface area contributed by atoms with Crippen LogP contribution in [0.1, 0.15) is 46.5 Å². The van der Waals surface area contributed by atoms with Gasteiger partial charge in [-0.3, -0.25) is 9.59 Å². The smallest absolute Gasteiger partial charge is 0.330 e. The van der Waals surface area contributed by atoms with Crippen molar-refractivity contribution in [3.8, 4) is 0 Å². The Labute approximate surface area is 135 Å². The maximum atomic E-state index is 12.2. The van der Waals surface area contributed by atoms with Crippen molar-refractivity contribution in [3.05, 3.63) is 0 Å². The molecular formula is C15H24N2O4S. The molecule has 0 aromatic carbocycles. The van der Waals surface area contributed by atoms with Crippen LogP contribution < -0.4 is 5.32 Å². The van der Waals surface area contributed by atoms with Gasteiger partial charge in [0.2, 0.25) is 5.91 Å². The van der Waals surface area contributed by atoms with Crippen LogP contribution in [0.3, 0.4) is 0 Å². The first-order valence-electron chi connectivity index (χ1n) is 7.83. The van der Waals surface area contributed by atoms with Crippen LogP contribution in [0.15, 0.2) is 0 Å². The van der Waals surface area contributed by atoms with Gasteiger partial charge in [-0.15, -0.1) is 11.8 Å². The molecule has 2 aliphatic rings. The molecule has 124 valence electrons. The van der Waals surface area contributed by atoms with Crippen LogP contribution in [0, 0.1) is 0 Å². The monoisotopic (exact) mass is 328 g/mol. The van der Waals surface area contributed by atoms with Gasteiger partial charge in [0.1, 0.15) is 6.04 Å². The van der Waals surface area contributed by atoms with Gasteiger partial charge in [-0.1, -0.05) is 13.8 Å². The largest absolute Gasteiger partial charge is 0.454 e. The van der Waals surface area contributed by atoms with Gasteiger partial charge in [-0.25, -0.2) is 4.79 Å². The second kappa shape index (κ2) is 6.89. The highest BCUT2D eigenvalue weighted by atomic mass is 32.2. The van der Waals surface area contributed by atoms with Crippen molar-refractivity contribution >= 4 is 29.5 Å².